The number of hydrogen-bond acceptors (Lipinski definition) is 5. The summed E-state index contributed by atoms with van der Waals surface area (Å²) in [7, 11) is 1.87. The van der Waals surface area contributed by atoms with Gasteiger partial charge in [-0.05, 0) is 25.8 Å². The molecule has 1 aliphatic heterocycles. The molecule has 8 nitrogen and oxygen atoms in total. The van der Waals surface area contributed by atoms with E-state index < -0.39 is 0 Å². The lowest BCUT2D eigenvalue weighted by Crippen LogP contribution is -2.39. The average Bonchev–Trinajstić information content (AvgIpc) is 3.01. The number of likely N-dealkylation sites (tertiary alicyclic amines) is 1. The van der Waals surface area contributed by atoms with E-state index in [0.29, 0.717) is 30.0 Å². The fourth-order valence-corrected chi connectivity index (χ4v) is 3.53. The molecule has 1 atom stereocenters. The van der Waals surface area contributed by atoms with E-state index in [-0.39, 0.29) is 17.4 Å². The second-order valence-corrected chi connectivity index (χ2v) is 6.77. The molecule has 0 radical (unpaired) electrons. The molecule has 8 heteroatoms. The maximum atomic E-state index is 12.9. The molecule has 1 N–H and O–H groups in total. The molecule has 1 fully saturated rings. The first-order valence-electron chi connectivity index (χ1n) is 8.65. The van der Waals surface area contributed by atoms with Crippen molar-refractivity contribution in [2.75, 3.05) is 13.1 Å². The number of fused-ring (bicyclic) bond motifs is 1. The van der Waals surface area contributed by atoms with Gasteiger partial charge in [0, 0.05) is 38.3 Å². The number of H-pyrrole nitrogens is 1. The minimum Gasteiger partial charge on any atom is -0.338 e. The molecular formula is C18H20N6O2. The molecule has 1 amide bonds. The predicted molar refractivity (Wildman–Crippen MR) is 96.0 cm³/mol. The molecule has 4 rings (SSSR count). The van der Waals surface area contributed by atoms with Crippen LogP contribution >= 0.6 is 0 Å². The van der Waals surface area contributed by atoms with Crippen LogP contribution in [0.25, 0.3) is 11.2 Å². The molecule has 1 aliphatic rings. The standard InChI is InChI=1S/C18H20N6O2/c1-11-21-14(7-16(25)22-11)12-4-3-5-24(9-12)18(26)13-6-15-17(19-8-13)23(2)10-20-15/h6-8,10,12H,3-5,9H2,1-2H3,(H,21,22,25). The number of nitrogens with one attached hydrogen (secondary N) is 1. The maximum absolute atomic E-state index is 12.9. The molecule has 0 aromatic carbocycles. The first kappa shape index (κ1) is 16.4. The van der Waals surface area contributed by atoms with Crippen LogP contribution in [0.2, 0.25) is 0 Å². The number of imidazole rings is 1. The highest BCUT2D eigenvalue weighted by molar-refractivity contribution is 5.96. The molecule has 0 aliphatic carbocycles. The lowest BCUT2D eigenvalue weighted by Gasteiger charge is -2.32. The number of hydrogen-bond donors (Lipinski definition) is 1. The van der Waals surface area contributed by atoms with Crippen LogP contribution in [0.3, 0.4) is 0 Å². The van der Waals surface area contributed by atoms with E-state index in [1.807, 2.05) is 16.5 Å². The Bertz CT molecular complexity index is 1040. The first-order valence-corrected chi connectivity index (χ1v) is 8.65. The molecule has 134 valence electrons. The Morgan fingerprint density at radius 1 is 1.31 bits per heavy atom. The topological polar surface area (TPSA) is 96.8 Å². The Kier molecular flexibility index (Phi) is 4.02. The van der Waals surface area contributed by atoms with Crippen LogP contribution in [0.1, 0.15) is 40.6 Å². The fraction of sp³-hybridized carbons (Fsp3) is 0.389. The minimum atomic E-state index is -0.152. The van der Waals surface area contributed by atoms with E-state index in [0.717, 1.165) is 24.2 Å². The van der Waals surface area contributed by atoms with Crippen LogP contribution in [-0.4, -0.2) is 48.4 Å². The Morgan fingerprint density at radius 2 is 2.15 bits per heavy atom. The SMILES string of the molecule is Cc1nc(C2CCCN(C(=O)c3cnc4c(c3)ncn4C)C2)cc(=O)[nH]1. The first-order chi connectivity index (χ1) is 12.5. The summed E-state index contributed by atoms with van der Waals surface area (Å²) in [4.78, 5) is 42.2. The Hall–Kier alpha value is -3.03. The largest absolute Gasteiger partial charge is 0.338 e. The van der Waals surface area contributed by atoms with E-state index in [1.165, 1.54) is 6.07 Å². The molecule has 3 aromatic heterocycles. The van der Waals surface area contributed by atoms with Gasteiger partial charge in [0.2, 0.25) is 0 Å². The Balaban J connectivity index is 1.58. The summed E-state index contributed by atoms with van der Waals surface area (Å²) in [6, 6.07) is 3.32. The third-order valence-corrected chi connectivity index (χ3v) is 4.81. The van der Waals surface area contributed by atoms with Gasteiger partial charge in [0.05, 0.1) is 17.6 Å². The van der Waals surface area contributed by atoms with Gasteiger partial charge in [-0.2, -0.15) is 0 Å². The van der Waals surface area contributed by atoms with Crippen molar-refractivity contribution < 1.29 is 4.79 Å². The highest BCUT2D eigenvalue weighted by Gasteiger charge is 2.27. The van der Waals surface area contributed by atoms with E-state index in [2.05, 4.69) is 19.9 Å². The number of pyridine rings is 1. The second kappa shape index (κ2) is 6.36. The van der Waals surface area contributed by atoms with Gasteiger partial charge in [0.15, 0.2) is 5.65 Å². The highest BCUT2D eigenvalue weighted by Crippen LogP contribution is 2.26. The maximum Gasteiger partial charge on any atom is 0.255 e. The van der Waals surface area contributed by atoms with E-state index in [1.54, 1.807) is 25.5 Å². The third kappa shape index (κ3) is 2.98. The van der Waals surface area contributed by atoms with Gasteiger partial charge in [-0.25, -0.2) is 15.0 Å². The smallest absolute Gasteiger partial charge is 0.255 e. The zero-order valence-corrected chi connectivity index (χ0v) is 14.8. The summed E-state index contributed by atoms with van der Waals surface area (Å²) in [5.41, 5.74) is 2.59. The van der Waals surface area contributed by atoms with Crippen LogP contribution < -0.4 is 5.56 Å². The van der Waals surface area contributed by atoms with Crippen molar-refractivity contribution in [3.63, 3.8) is 0 Å². The molecule has 1 saturated heterocycles. The van der Waals surface area contributed by atoms with E-state index in [9.17, 15) is 9.59 Å². The van der Waals surface area contributed by atoms with Crippen LogP contribution in [0.5, 0.6) is 0 Å². The number of aromatic nitrogens is 5. The normalized spacial score (nSPS) is 17.6. The molecule has 26 heavy (non-hydrogen) atoms. The summed E-state index contributed by atoms with van der Waals surface area (Å²) in [5.74, 6) is 0.609. The van der Waals surface area contributed by atoms with Gasteiger partial charge in [0.1, 0.15) is 11.3 Å². The Labute approximate surface area is 149 Å². The number of piperidine rings is 1. The van der Waals surface area contributed by atoms with Crippen molar-refractivity contribution >= 4 is 17.1 Å². The lowest BCUT2D eigenvalue weighted by molar-refractivity contribution is 0.0705. The van der Waals surface area contributed by atoms with Crippen molar-refractivity contribution in [1.29, 1.82) is 0 Å². The number of aryl methyl sites for hydroxylation is 2. The molecule has 4 heterocycles. The fourth-order valence-electron chi connectivity index (χ4n) is 3.53. The molecule has 3 aromatic rings. The average molecular weight is 352 g/mol. The lowest BCUT2D eigenvalue weighted by atomic mass is 9.94. The van der Waals surface area contributed by atoms with Crippen molar-refractivity contribution in [3.05, 3.63) is 52.1 Å². The number of rotatable bonds is 2. The van der Waals surface area contributed by atoms with Gasteiger partial charge in [-0.3, -0.25) is 9.59 Å². The summed E-state index contributed by atoms with van der Waals surface area (Å²) >= 11 is 0. The van der Waals surface area contributed by atoms with Crippen LogP contribution in [-0.2, 0) is 7.05 Å². The second-order valence-electron chi connectivity index (χ2n) is 6.77. The number of carbonyl (C=O) groups excluding carboxylic acids is 1. The number of amides is 1. The molecule has 1 unspecified atom stereocenters. The van der Waals surface area contributed by atoms with Gasteiger partial charge in [-0.1, -0.05) is 0 Å². The summed E-state index contributed by atoms with van der Waals surface area (Å²) in [6.07, 6.45) is 5.08. The molecular weight excluding hydrogens is 332 g/mol. The predicted octanol–water partition coefficient (Wildman–Crippen LogP) is 1.38. The summed E-state index contributed by atoms with van der Waals surface area (Å²) in [5, 5.41) is 0. The Morgan fingerprint density at radius 3 is 2.96 bits per heavy atom. The number of nitrogens with zero attached hydrogens (tertiary/aromatic N) is 5. The van der Waals surface area contributed by atoms with Crippen molar-refractivity contribution in [3.8, 4) is 0 Å². The summed E-state index contributed by atoms with van der Waals surface area (Å²) < 4.78 is 1.82. The van der Waals surface area contributed by atoms with Crippen molar-refractivity contribution in [1.82, 2.24) is 29.4 Å². The zero-order chi connectivity index (χ0) is 18.3. The molecule has 0 saturated carbocycles. The minimum absolute atomic E-state index is 0.0590. The molecule has 0 spiro atoms. The summed E-state index contributed by atoms with van der Waals surface area (Å²) in [6.45, 7) is 3.01. The van der Waals surface area contributed by atoms with E-state index >= 15 is 0 Å². The van der Waals surface area contributed by atoms with Crippen LogP contribution in [0, 0.1) is 6.92 Å². The highest BCUT2D eigenvalue weighted by atomic mass is 16.2. The quantitative estimate of drug-likeness (QED) is 0.751. The van der Waals surface area contributed by atoms with Gasteiger partial charge in [0.25, 0.3) is 11.5 Å². The third-order valence-electron chi connectivity index (χ3n) is 4.81. The molecule has 0 bridgehead atoms. The van der Waals surface area contributed by atoms with Crippen molar-refractivity contribution in [2.45, 2.75) is 25.7 Å². The van der Waals surface area contributed by atoms with Crippen LogP contribution in [0.15, 0.2) is 29.5 Å². The van der Waals surface area contributed by atoms with Crippen LogP contribution in [0.4, 0.5) is 0 Å². The van der Waals surface area contributed by atoms with Crippen molar-refractivity contribution in [2.24, 2.45) is 7.05 Å². The zero-order valence-electron chi connectivity index (χ0n) is 14.8. The van der Waals surface area contributed by atoms with Gasteiger partial charge in [-0.15, -0.1) is 0 Å². The monoisotopic (exact) mass is 352 g/mol. The van der Waals surface area contributed by atoms with E-state index in [4.69, 9.17) is 0 Å². The number of aromatic amines is 1. The van der Waals surface area contributed by atoms with Gasteiger partial charge >= 0.3 is 0 Å². The van der Waals surface area contributed by atoms with Gasteiger partial charge < -0.3 is 14.5 Å². The number of carbonyl (C=O) groups is 1.